The quantitative estimate of drug-likeness (QED) is 0.511. The second-order valence-electron chi connectivity index (χ2n) is 6.18. The van der Waals surface area contributed by atoms with Gasteiger partial charge in [0, 0.05) is 23.3 Å². The molecular weight excluding hydrogens is 360 g/mol. The second-order valence-corrected chi connectivity index (χ2v) is 6.18. The maximum Gasteiger partial charge on any atom is 0.331 e. The van der Waals surface area contributed by atoms with Crippen molar-refractivity contribution in [2.24, 2.45) is 0 Å². The van der Waals surface area contributed by atoms with Gasteiger partial charge in [0.25, 0.3) is 0 Å². The van der Waals surface area contributed by atoms with Crippen LogP contribution in [-0.4, -0.2) is 26.2 Å². The van der Waals surface area contributed by atoms with Crippen LogP contribution in [0.4, 0.5) is 0 Å². The predicted molar refractivity (Wildman–Crippen MR) is 104 cm³/mol. The zero-order valence-corrected chi connectivity index (χ0v) is 16.5. The number of carbonyl (C=O) groups excluding carboxylic acids is 2. The van der Waals surface area contributed by atoms with E-state index < -0.39 is 11.9 Å². The minimum Gasteiger partial charge on any atom is -0.496 e. The third kappa shape index (κ3) is 6.16. The number of esters is 2. The fraction of sp³-hybridized carbons (Fsp3) is 0.273. The van der Waals surface area contributed by atoms with Gasteiger partial charge in [0.05, 0.1) is 14.2 Å². The Kier molecular flexibility index (Phi) is 7.63. The first kappa shape index (κ1) is 21.0. The largest absolute Gasteiger partial charge is 0.496 e. The van der Waals surface area contributed by atoms with Gasteiger partial charge in [-0.15, -0.1) is 0 Å². The number of carbonyl (C=O) groups is 2. The highest BCUT2D eigenvalue weighted by molar-refractivity contribution is 5.91. The Morgan fingerprint density at radius 1 is 0.750 bits per heavy atom. The fourth-order valence-corrected chi connectivity index (χ4v) is 2.57. The van der Waals surface area contributed by atoms with E-state index in [-0.39, 0.29) is 13.2 Å². The number of aryl methyl sites for hydroxylation is 2. The Bertz CT molecular complexity index is 798. The number of hydrogen-bond donors (Lipinski definition) is 0. The number of ether oxygens (including phenoxy) is 4. The van der Waals surface area contributed by atoms with Crippen molar-refractivity contribution in [1.29, 1.82) is 0 Å². The molecule has 0 saturated heterocycles. The monoisotopic (exact) mass is 384 g/mol. The Labute approximate surface area is 164 Å². The third-order valence-electron chi connectivity index (χ3n) is 3.97. The summed E-state index contributed by atoms with van der Waals surface area (Å²) in [5, 5.41) is 0. The molecule has 0 radical (unpaired) electrons. The van der Waals surface area contributed by atoms with Crippen molar-refractivity contribution in [2.45, 2.75) is 27.1 Å². The molecule has 28 heavy (non-hydrogen) atoms. The molecule has 0 aromatic heterocycles. The number of rotatable bonds is 8. The third-order valence-corrected chi connectivity index (χ3v) is 3.97. The Morgan fingerprint density at radius 2 is 1.14 bits per heavy atom. The molecule has 0 N–H and O–H groups in total. The zero-order chi connectivity index (χ0) is 20.5. The van der Waals surface area contributed by atoms with Gasteiger partial charge in [0.15, 0.2) is 0 Å². The van der Waals surface area contributed by atoms with Gasteiger partial charge in [0.2, 0.25) is 0 Å². The Balaban J connectivity index is 1.86. The standard InChI is InChI=1S/C22H24O6/c1-15-5-7-19(25-3)17(11-15)13-27-21(23)9-10-22(24)28-14-18-12-16(2)6-8-20(18)26-4/h5-12H,13-14H2,1-4H3/b10-9+. The van der Waals surface area contributed by atoms with Crippen molar-refractivity contribution in [3.05, 3.63) is 70.8 Å². The average molecular weight is 384 g/mol. The SMILES string of the molecule is COc1ccc(C)cc1COC(=O)/C=C/C(=O)OCc1cc(C)ccc1OC. The van der Waals surface area contributed by atoms with E-state index in [0.717, 1.165) is 34.4 Å². The van der Waals surface area contributed by atoms with E-state index in [1.165, 1.54) is 0 Å². The van der Waals surface area contributed by atoms with Crippen molar-refractivity contribution in [3.8, 4) is 11.5 Å². The first-order valence-corrected chi connectivity index (χ1v) is 8.71. The molecule has 0 amide bonds. The summed E-state index contributed by atoms with van der Waals surface area (Å²) in [5.41, 5.74) is 3.55. The van der Waals surface area contributed by atoms with Gasteiger partial charge >= 0.3 is 11.9 Å². The molecule has 0 aliphatic carbocycles. The molecular formula is C22H24O6. The summed E-state index contributed by atoms with van der Waals surface area (Å²) >= 11 is 0. The lowest BCUT2D eigenvalue weighted by Crippen LogP contribution is -2.06. The summed E-state index contributed by atoms with van der Waals surface area (Å²) in [7, 11) is 3.10. The van der Waals surface area contributed by atoms with Crippen LogP contribution in [0.5, 0.6) is 11.5 Å². The highest BCUT2D eigenvalue weighted by Gasteiger charge is 2.08. The van der Waals surface area contributed by atoms with Crippen molar-refractivity contribution in [1.82, 2.24) is 0 Å². The molecule has 0 aliphatic rings. The summed E-state index contributed by atoms with van der Waals surface area (Å²) in [5.74, 6) is -0.0231. The molecule has 2 aromatic carbocycles. The molecule has 0 bridgehead atoms. The van der Waals surface area contributed by atoms with Crippen LogP contribution in [0.1, 0.15) is 22.3 Å². The minimum atomic E-state index is -0.645. The average Bonchev–Trinajstić information content (AvgIpc) is 2.69. The van der Waals surface area contributed by atoms with E-state index >= 15 is 0 Å². The van der Waals surface area contributed by atoms with Gasteiger partial charge in [-0.25, -0.2) is 9.59 Å². The number of benzene rings is 2. The first-order valence-electron chi connectivity index (χ1n) is 8.71. The van der Waals surface area contributed by atoms with Crippen LogP contribution in [0.25, 0.3) is 0 Å². The fourth-order valence-electron chi connectivity index (χ4n) is 2.57. The van der Waals surface area contributed by atoms with Crippen LogP contribution >= 0.6 is 0 Å². The first-order chi connectivity index (χ1) is 13.4. The van der Waals surface area contributed by atoms with Gasteiger partial charge in [-0.3, -0.25) is 0 Å². The normalized spacial score (nSPS) is 10.6. The van der Waals surface area contributed by atoms with Gasteiger partial charge < -0.3 is 18.9 Å². The van der Waals surface area contributed by atoms with Crippen molar-refractivity contribution in [3.63, 3.8) is 0 Å². The van der Waals surface area contributed by atoms with Gasteiger partial charge in [-0.1, -0.05) is 23.3 Å². The van der Waals surface area contributed by atoms with Crippen LogP contribution in [0, 0.1) is 13.8 Å². The molecule has 0 unspecified atom stereocenters. The number of methoxy groups -OCH3 is 2. The summed E-state index contributed by atoms with van der Waals surface area (Å²) in [4.78, 5) is 23.7. The Hall–Kier alpha value is -3.28. The summed E-state index contributed by atoms with van der Waals surface area (Å²) < 4.78 is 20.8. The van der Waals surface area contributed by atoms with E-state index in [0.29, 0.717) is 11.5 Å². The van der Waals surface area contributed by atoms with E-state index in [4.69, 9.17) is 18.9 Å². The van der Waals surface area contributed by atoms with Crippen molar-refractivity contribution < 1.29 is 28.5 Å². The maximum absolute atomic E-state index is 11.8. The summed E-state index contributed by atoms with van der Waals surface area (Å²) in [6.45, 7) is 3.96. The molecule has 0 aliphatic heterocycles. The highest BCUT2D eigenvalue weighted by atomic mass is 16.5. The van der Waals surface area contributed by atoms with Crippen LogP contribution in [0.15, 0.2) is 48.6 Å². The number of hydrogen-bond acceptors (Lipinski definition) is 6. The van der Waals surface area contributed by atoms with Gasteiger partial charge in [-0.2, -0.15) is 0 Å². The smallest absolute Gasteiger partial charge is 0.331 e. The van der Waals surface area contributed by atoms with E-state index in [9.17, 15) is 9.59 Å². The molecule has 2 aromatic rings. The van der Waals surface area contributed by atoms with Crippen LogP contribution in [0.3, 0.4) is 0 Å². The molecule has 0 fully saturated rings. The lowest BCUT2D eigenvalue weighted by atomic mass is 10.1. The van der Waals surface area contributed by atoms with Gasteiger partial charge in [0.1, 0.15) is 24.7 Å². The summed E-state index contributed by atoms with van der Waals surface area (Å²) in [6.07, 6.45) is 2.08. The minimum absolute atomic E-state index is 0.0452. The molecule has 0 atom stereocenters. The van der Waals surface area contributed by atoms with E-state index in [1.807, 2.05) is 50.2 Å². The molecule has 6 heteroatoms. The lowest BCUT2D eigenvalue weighted by molar-refractivity contribution is -0.141. The summed E-state index contributed by atoms with van der Waals surface area (Å²) in [6, 6.07) is 11.2. The molecule has 0 heterocycles. The van der Waals surface area contributed by atoms with Crippen molar-refractivity contribution >= 4 is 11.9 Å². The van der Waals surface area contributed by atoms with Crippen LogP contribution in [-0.2, 0) is 32.3 Å². The highest BCUT2D eigenvalue weighted by Crippen LogP contribution is 2.21. The van der Waals surface area contributed by atoms with Crippen LogP contribution < -0.4 is 9.47 Å². The zero-order valence-electron chi connectivity index (χ0n) is 16.5. The van der Waals surface area contributed by atoms with E-state index in [2.05, 4.69) is 0 Å². The molecule has 148 valence electrons. The Morgan fingerprint density at radius 3 is 1.50 bits per heavy atom. The van der Waals surface area contributed by atoms with Crippen molar-refractivity contribution in [2.75, 3.05) is 14.2 Å². The topological polar surface area (TPSA) is 71.1 Å². The molecule has 0 saturated carbocycles. The van der Waals surface area contributed by atoms with Crippen LogP contribution in [0.2, 0.25) is 0 Å². The predicted octanol–water partition coefficient (Wildman–Crippen LogP) is 3.66. The van der Waals surface area contributed by atoms with Gasteiger partial charge in [-0.05, 0) is 38.1 Å². The molecule has 6 nitrogen and oxygen atoms in total. The maximum atomic E-state index is 11.8. The lowest BCUT2D eigenvalue weighted by Gasteiger charge is -2.10. The molecule has 2 rings (SSSR count). The second kappa shape index (κ2) is 10.2. The van der Waals surface area contributed by atoms with E-state index in [1.54, 1.807) is 14.2 Å². The molecule has 0 spiro atoms.